The number of hydrogen-bond acceptors (Lipinski definition) is 3. The molecule has 1 aromatic carbocycles. The Kier molecular flexibility index (Phi) is 3.67. The van der Waals surface area contributed by atoms with Gasteiger partial charge in [-0.1, -0.05) is 0 Å². The Hall–Kier alpha value is -1.81. The first-order valence-electron chi connectivity index (χ1n) is 5.79. The molecule has 2 unspecified atom stereocenters. The van der Waals surface area contributed by atoms with Crippen molar-refractivity contribution in [3.63, 3.8) is 0 Å². The van der Waals surface area contributed by atoms with Gasteiger partial charge in [0, 0.05) is 6.04 Å². The van der Waals surface area contributed by atoms with Crippen LogP contribution in [0.15, 0.2) is 41.0 Å². The van der Waals surface area contributed by atoms with Crippen LogP contribution in [0.5, 0.6) is 5.75 Å². The Morgan fingerprint density at radius 3 is 2.67 bits per heavy atom. The number of aryl methyl sites for hydroxylation is 1. The van der Waals surface area contributed by atoms with Gasteiger partial charge in [-0.05, 0) is 49.7 Å². The quantitative estimate of drug-likeness (QED) is 0.905. The fraction of sp³-hybridized carbons (Fsp3) is 0.286. The molecule has 0 saturated carbocycles. The highest BCUT2D eigenvalue weighted by atomic mass is 19.1. The molecular formula is C14H16FNO2. The van der Waals surface area contributed by atoms with Crippen LogP contribution in [0, 0.1) is 12.7 Å². The third-order valence-corrected chi connectivity index (χ3v) is 2.69. The number of rotatable bonds is 4. The zero-order chi connectivity index (χ0) is 13.1. The molecule has 18 heavy (non-hydrogen) atoms. The summed E-state index contributed by atoms with van der Waals surface area (Å²) in [5.74, 6) is 0.985. The van der Waals surface area contributed by atoms with Gasteiger partial charge in [0.2, 0.25) is 0 Å². The highest BCUT2D eigenvalue weighted by Gasteiger charge is 2.21. The van der Waals surface area contributed by atoms with Crippen LogP contribution < -0.4 is 10.5 Å². The van der Waals surface area contributed by atoms with Crippen LogP contribution >= 0.6 is 0 Å². The van der Waals surface area contributed by atoms with Gasteiger partial charge in [-0.2, -0.15) is 0 Å². The molecule has 4 heteroatoms. The Morgan fingerprint density at radius 1 is 1.33 bits per heavy atom. The molecule has 1 heterocycles. The number of ether oxygens (including phenoxy) is 1. The topological polar surface area (TPSA) is 48.4 Å². The monoisotopic (exact) mass is 249 g/mol. The van der Waals surface area contributed by atoms with Crippen molar-refractivity contribution in [1.29, 1.82) is 0 Å². The smallest absolute Gasteiger partial charge is 0.171 e. The van der Waals surface area contributed by atoms with Crippen molar-refractivity contribution in [2.75, 3.05) is 0 Å². The third kappa shape index (κ3) is 2.71. The Balaban J connectivity index is 2.24. The lowest BCUT2D eigenvalue weighted by atomic mass is 10.1. The Morgan fingerprint density at radius 2 is 2.11 bits per heavy atom. The van der Waals surface area contributed by atoms with Crippen LogP contribution in [0.4, 0.5) is 4.39 Å². The largest absolute Gasteiger partial charge is 0.481 e. The molecule has 0 amide bonds. The Bertz CT molecular complexity index is 509. The summed E-state index contributed by atoms with van der Waals surface area (Å²) >= 11 is 0. The highest BCUT2D eigenvalue weighted by molar-refractivity contribution is 5.33. The van der Waals surface area contributed by atoms with Gasteiger partial charge in [0.15, 0.2) is 6.10 Å². The molecule has 0 bridgehead atoms. The first-order valence-corrected chi connectivity index (χ1v) is 5.79. The lowest BCUT2D eigenvalue weighted by Gasteiger charge is -2.21. The van der Waals surface area contributed by atoms with Gasteiger partial charge >= 0.3 is 0 Å². The fourth-order valence-electron chi connectivity index (χ4n) is 1.76. The summed E-state index contributed by atoms with van der Waals surface area (Å²) < 4.78 is 24.2. The number of hydrogen-bond donors (Lipinski definition) is 1. The van der Waals surface area contributed by atoms with E-state index in [2.05, 4.69) is 0 Å². The molecular weight excluding hydrogens is 233 g/mol. The van der Waals surface area contributed by atoms with Crippen molar-refractivity contribution in [3.05, 3.63) is 53.7 Å². The first-order chi connectivity index (χ1) is 8.58. The van der Waals surface area contributed by atoms with Crippen molar-refractivity contribution in [2.24, 2.45) is 5.73 Å². The summed E-state index contributed by atoms with van der Waals surface area (Å²) in [7, 11) is 0. The highest BCUT2D eigenvalue weighted by Crippen LogP contribution is 2.27. The van der Waals surface area contributed by atoms with Crippen LogP contribution in [0.3, 0.4) is 0 Å². The minimum absolute atomic E-state index is 0.236. The maximum absolute atomic E-state index is 13.0. The zero-order valence-corrected chi connectivity index (χ0v) is 10.4. The summed E-state index contributed by atoms with van der Waals surface area (Å²) in [6.45, 7) is 3.63. The van der Waals surface area contributed by atoms with Crippen molar-refractivity contribution in [3.8, 4) is 5.75 Å². The summed E-state index contributed by atoms with van der Waals surface area (Å²) in [6.07, 6.45) is 1.19. The number of furan rings is 1. The molecule has 0 aliphatic rings. The molecule has 1 aromatic heterocycles. The molecule has 2 rings (SSSR count). The van der Waals surface area contributed by atoms with Gasteiger partial charge in [-0.3, -0.25) is 0 Å². The van der Waals surface area contributed by atoms with Gasteiger partial charge in [0.25, 0.3) is 0 Å². The predicted octanol–water partition coefficient (Wildman–Crippen LogP) is 3.19. The second kappa shape index (κ2) is 5.23. The van der Waals surface area contributed by atoms with E-state index in [0.717, 1.165) is 5.56 Å². The minimum atomic E-state index is -0.385. The van der Waals surface area contributed by atoms with Crippen molar-refractivity contribution in [2.45, 2.75) is 26.0 Å². The van der Waals surface area contributed by atoms with Crippen molar-refractivity contribution >= 4 is 0 Å². The van der Waals surface area contributed by atoms with E-state index < -0.39 is 0 Å². The molecule has 0 saturated heterocycles. The average molecular weight is 249 g/mol. The van der Waals surface area contributed by atoms with E-state index in [1.807, 2.05) is 13.0 Å². The predicted molar refractivity (Wildman–Crippen MR) is 66.9 cm³/mol. The minimum Gasteiger partial charge on any atom is -0.481 e. The Labute approximate surface area is 105 Å². The molecule has 2 N–H and O–H groups in total. The van der Waals surface area contributed by atoms with Crippen LogP contribution in [-0.4, -0.2) is 6.04 Å². The van der Waals surface area contributed by atoms with Crippen LogP contribution in [-0.2, 0) is 0 Å². The summed E-state index contributed by atoms with van der Waals surface area (Å²) in [5, 5.41) is 0. The van der Waals surface area contributed by atoms with E-state index >= 15 is 0 Å². The molecule has 0 spiro atoms. The molecule has 2 aromatic rings. The number of nitrogens with two attached hydrogens (primary N) is 1. The average Bonchev–Trinajstić information content (AvgIpc) is 2.80. The molecule has 2 atom stereocenters. The van der Waals surface area contributed by atoms with E-state index in [1.165, 1.54) is 12.1 Å². The third-order valence-electron chi connectivity index (χ3n) is 2.69. The summed E-state index contributed by atoms with van der Waals surface area (Å²) in [6, 6.07) is 7.75. The molecule has 0 fully saturated rings. The van der Waals surface area contributed by atoms with Crippen LogP contribution in [0.25, 0.3) is 0 Å². The molecule has 3 nitrogen and oxygen atoms in total. The summed E-state index contributed by atoms with van der Waals surface area (Å²) in [4.78, 5) is 0. The second-order valence-corrected chi connectivity index (χ2v) is 4.32. The van der Waals surface area contributed by atoms with E-state index in [1.54, 1.807) is 25.3 Å². The summed E-state index contributed by atoms with van der Waals surface area (Å²) in [5.41, 5.74) is 6.63. The molecule has 0 aliphatic carbocycles. The zero-order valence-electron chi connectivity index (χ0n) is 10.4. The first kappa shape index (κ1) is 12.6. The molecule has 0 radical (unpaired) electrons. The molecule has 96 valence electrons. The van der Waals surface area contributed by atoms with E-state index in [4.69, 9.17) is 14.9 Å². The van der Waals surface area contributed by atoms with Gasteiger partial charge < -0.3 is 14.9 Å². The van der Waals surface area contributed by atoms with E-state index in [0.29, 0.717) is 11.5 Å². The van der Waals surface area contributed by atoms with Gasteiger partial charge in [-0.15, -0.1) is 0 Å². The number of benzene rings is 1. The standard InChI is InChI=1S/C14H16FNO2/c1-9-8-11(15)5-6-12(9)18-14(10(2)16)13-4-3-7-17-13/h3-8,10,14H,16H2,1-2H3. The van der Waals surface area contributed by atoms with E-state index in [-0.39, 0.29) is 18.0 Å². The molecule has 0 aliphatic heterocycles. The van der Waals surface area contributed by atoms with Crippen LogP contribution in [0.2, 0.25) is 0 Å². The van der Waals surface area contributed by atoms with E-state index in [9.17, 15) is 4.39 Å². The normalized spacial score (nSPS) is 14.2. The fourth-order valence-corrected chi connectivity index (χ4v) is 1.76. The number of halogens is 1. The van der Waals surface area contributed by atoms with Gasteiger partial charge in [0.1, 0.15) is 17.3 Å². The van der Waals surface area contributed by atoms with Gasteiger partial charge in [-0.25, -0.2) is 4.39 Å². The second-order valence-electron chi connectivity index (χ2n) is 4.32. The SMILES string of the molecule is Cc1cc(F)ccc1OC(c1ccco1)C(C)N. The van der Waals surface area contributed by atoms with Crippen molar-refractivity contribution < 1.29 is 13.5 Å². The van der Waals surface area contributed by atoms with Crippen LogP contribution in [0.1, 0.15) is 24.4 Å². The maximum atomic E-state index is 13.0. The lowest BCUT2D eigenvalue weighted by molar-refractivity contribution is 0.152. The van der Waals surface area contributed by atoms with Crippen molar-refractivity contribution in [1.82, 2.24) is 0 Å². The maximum Gasteiger partial charge on any atom is 0.171 e. The lowest BCUT2D eigenvalue weighted by Crippen LogP contribution is -2.28. The van der Waals surface area contributed by atoms with Gasteiger partial charge in [0.05, 0.1) is 6.26 Å².